The van der Waals surface area contributed by atoms with Gasteiger partial charge in [0, 0.05) is 29.8 Å². The fourth-order valence-corrected chi connectivity index (χ4v) is 4.13. The maximum absolute atomic E-state index is 13.7. The first-order valence-corrected chi connectivity index (χ1v) is 11.3. The third-order valence-electron chi connectivity index (χ3n) is 5.82. The molecule has 4 rings (SSSR count). The number of aliphatic hydroxyl groups is 1. The number of aromatic nitrogens is 2. The summed E-state index contributed by atoms with van der Waals surface area (Å²) in [5.74, 6) is -0.393. The number of hydrogen-bond acceptors (Lipinski definition) is 8. The molecule has 12 heteroatoms. The monoisotopic (exact) mass is 510 g/mol. The second-order valence-electron chi connectivity index (χ2n) is 8.43. The Balaban J connectivity index is 1.62. The number of nitrogens with zero attached hydrogens (tertiary/aromatic N) is 3. The van der Waals surface area contributed by atoms with Crippen molar-refractivity contribution < 1.29 is 32.6 Å². The van der Waals surface area contributed by atoms with Gasteiger partial charge in [0.2, 0.25) is 0 Å². The zero-order valence-electron chi connectivity index (χ0n) is 19.1. The summed E-state index contributed by atoms with van der Waals surface area (Å²) >= 11 is 5.98. The summed E-state index contributed by atoms with van der Waals surface area (Å²) in [4.78, 5) is 23.0. The number of carbonyl (C=O) groups excluding carboxylic acids is 1. The zero-order chi connectivity index (χ0) is 25.2. The average Bonchev–Trinajstić information content (AvgIpc) is 3.24. The van der Waals surface area contributed by atoms with Crippen LogP contribution in [-0.4, -0.2) is 70.8 Å². The number of alkyl halides is 2. The van der Waals surface area contributed by atoms with Gasteiger partial charge in [-0.1, -0.05) is 11.6 Å². The Morgan fingerprint density at radius 3 is 2.91 bits per heavy atom. The highest BCUT2D eigenvalue weighted by atomic mass is 35.5. The molecule has 1 aliphatic rings. The Morgan fingerprint density at radius 2 is 2.23 bits per heavy atom. The van der Waals surface area contributed by atoms with Crippen LogP contribution >= 0.6 is 11.6 Å². The van der Waals surface area contributed by atoms with Crippen LogP contribution in [0.2, 0.25) is 5.02 Å². The molecular formula is C23H25ClF2N4O5. The van der Waals surface area contributed by atoms with Crippen molar-refractivity contribution in [1.29, 1.82) is 0 Å². The predicted octanol–water partition coefficient (Wildman–Crippen LogP) is 3.74. The number of rotatable bonds is 8. The van der Waals surface area contributed by atoms with E-state index in [0.29, 0.717) is 21.8 Å². The van der Waals surface area contributed by atoms with Crippen LogP contribution in [0.15, 0.2) is 34.9 Å². The summed E-state index contributed by atoms with van der Waals surface area (Å²) < 4.78 is 44.2. The number of nitrogens with one attached hydrogen (secondary N) is 1. The van der Waals surface area contributed by atoms with Crippen LogP contribution in [0.4, 0.5) is 14.8 Å². The molecule has 0 spiro atoms. The molecule has 0 radical (unpaired) electrons. The van der Waals surface area contributed by atoms with E-state index >= 15 is 0 Å². The third kappa shape index (κ3) is 5.47. The quantitative estimate of drug-likeness (QED) is 0.471. The number of oxazole rings is 1. The molecule has 1 fully saturated rings. The highest BCUT2D eigenvalue weighted by Gasteiger charge is 2.43. The van der Waals surface area contributed by atoms with Gasteiger partial charge >= 0.3 is 0 Å². The van der Waals surface area contributed by atoms with E-state index < -0.39 is 24.0 Å². The molecule has 2 aromatic heterocycles. The van der Waals surface area contributed by atoms with Crippen LogP contribution in [0.1, 0.15) is 29.4 Å². The Kier molecular flexibility index (Phi) is 7.39. The van der Waals surface area contributed by atoms with Crippen LogP contribution < -0.4 is 10.1 Å². The van der Waals surface area contributed by atoms with E-state index in [-0.39, 0.29) is 50.1 Å². The van der Waals surface area contributed by atoms with Crippen molar-refractivity contribution in [2.24, 2.45) is 0 Å². The largest absolute Gasteiger partial charge is 0.493 e. The molecule has 3 heterocycles. The van der Waals surface area contributed by atoms with Gasteiger partial charge in [-0.3, -0.25) is 9.78 Å². The van der Waals surface area contributed by atoms with Gasteiger partial charge in [-0.2, -0.15) is 4.98 Å². The lowest BCUT2D eigenvalue weighted by molar-refractivity contribution is -0.146. The molecule has 9 nitrogen and oxygen atoms in total. The number of anilines is 1. The first kappa shape index (κ1) is 25.1. The summed E-state index contributed by atoms with van der Waals surface area (Å²) in [5.41, 5.74) is 0.449. The lowest BCUT2D eigenvalue weighted by atomic mass is 9.97. The minimum Gasteiger partial charge on any atom is -0.493 e. The van der Waals surface area contributed by atoms with Gasteiger partial charge < -0.3 is 29.2 Å². The first-order valence-electron chi connectivity index (χ1n) is 10.9. The van der Waals surface area contributed by atoms with Crippen molar-refractivity contribution in [2.75, 3.05) is 32.2 Å². The lowest BCUT2D eigenvalue weighted by Gasteiger charge is -2.44. The number of aliphatic hydroxyl groups excluding tert-OH is 1. The van der Waals surface area contributed by atoms with Gasteiger partial charge in [0.05, 0.1) is 38.1 Å². The van der Waals surface area contributed by atoms with E-state index in [2.05, 4.69) is 15.3 Å². The molecule has 1 amide bonds. The van der Waals surface area contributed by atoms with Crippen LogP contribution in [0.3, 0.4) is 0 Å². The molecule has 35 heavy (non-hydrogen) atoms. The van der Waals surface area contributed by atoms with Gasteiger partial charge in [0.25, 0.3) is 18.3 Å². The Labute approximate surface area is 205 Å². The molecule has 2 atom stereocenters. The van der Waals surface area contributed by atoms with E-state index in [9.17, 15) is 18.7 Å². The number of fused-ring (bicyclic) bond motifs is 1. The van der Waals surface area contributed by atoms with Crippen LogP contribution in [0.5, 0.6) is 5.75 Å². The van der Waals surface area contributed by atoms with Crippen molar-refractivity contribution in [3.05, 3.63) is 46.7 Å². The molecule has 188 valence electrons. The summed E-state index contributed by atoms with van der Waals surface area (Å²) in [6.45, 7) is 1.33. The molecule has 1 aromatic carbocycles. The van der Waals surface area contributed by atoms with Gasteiger partial charge in [-0.05, 0) is 31.2 Å². The smallest absolute Gasteiger partial charge is 0.296 e. The number of amides is 1. The fraction of sp³-hybridized carbons (Fsp3) is 0.435. The van der Waals surface area contributed by atoms with Crippen molar-refractivity contribution in [2.45, 2.75) is 38.0 Å². The van der Waals surface area contributed by atoms with Crippen LogP contribution in [0, 0.1) is 0 Å². The molecule has 3 aromatic rings. The number of hydrogen-bond donors (Lipinski definition) is 2. The standard InChI is InChI=1S/C23H25ClF2N4O5/c1-23(4-6-31)12-30(17(11-34-23)20(25)26)21(32)13-7-16-19(18(8-13)33-2)35-22(29-16)28-10-15-9-14(24)3-5-27-15/h3,5,7-9,17,20,31H,4,6,10-12H2,1-2H3,(H,28,29). The summed E-state index contributed by atoms with van der Waals surface area (Å²) in [5, 5.41) is 12.9. The first-order chi connectivity index (χ1) is 16.7. The highest BCUT2D eigenvalue weighted by Crippen LogP contribution is 2.33. The zero-order valence-corrected chi connectivity index (χ0v) is 19.9. The third-order valence-corrected chi connectivity index (χ3v) is 6.06. The fourth-order valence-electron chi connectivity index (χ4n) is 3.95. The number of ether oxygens (including phenoxy) is 2. The predicted molar refractivity (Wildman–Crippen MR) is 124 cm³/mol. The van der Waals surface area contributed by atoms with Crippen LogP contribution in [-0.2, 0) is 11.3 Å². The Hall–Kier alpha value is -3.02. The summed E-state index contributed by atoms with van der Waals surface area (Å²) in [7, 11) is 1.41. The van der Waals surface area contributed by atoms with E-state index in [1.807, 2.05) is 0 Å². The number of pyridine rings is 1. The second-order valence-corrected chi connectivity index (χ2v) is 8.87. The van der Waals surface area contributed by atoms with Gasteiger partial charge in [-0.25, -0.2) is 8.78 Å². The maximum Gasteiger partial charge on any atom is 0.296 e. The number of methoxy groups -OCH3 is 1. The average molecular weight is 511 g/mol. The Morgan fingerprint density at radius 1 is 1.43 bits per heavy atom. The number of morpholine rings is 1. The van der Waals surface area contributed by atoms with E-state index in [0.717, 1.165) is 4.90 Å². The molecule has 1 aliphatic heterocycles. The molecule has 0 aliphatic carbocycles. The molecule has 2 unspecified atom stereocenters. The number of halogens is 3. The maximum atomic E-state index is 13.7. The SMILES string of the molecule is COc1cc(C(=O)N2CC(C)(CCO)OCC2C(F)F)cc2nc(NCc3cc(Cl)ccn3)oc12. The van der Waals surface area contributed by atoms with E-state index in [1.54, 1.807) is 25.3 Å². The van der Waals surface area contributed by atoms with E-state index in [1.165, 1.54) is 19.2 Å². The van der Waals surface area contributed by atoms with Crippen molar-refractivity contribution in [1.82, 2.24) is 14.9 Å². The minimum absolute atomic E-state index is 0.0972. The number of benzene rings is 1. The topological polar surface area (TPSA) is 110 Å². The summed E-state index contributed by atoms with van der Waals surface area (Å²) in [6, 6.07) is 4.99. The minimum atomic E-state index is -2.80. The molecule has 1 saturated heterocycles. The van der Waals surface area contributed by atoms with Crippen molar-refractivity contribution in [3.63, 3.8) is 0 Å². The number of carbonyl (C=O) groups is 1. The van der Waals surface area contributed by atoms with Crippen molar-refractivity contribution in [3.8, 4) is 5.75 Å². The van der Waals surface area contributed by atoms with Crippen molar-refractivity contribution >= 4 is 34.6 Å². The molecular weight excluding hydrogens is 486 g/mol. The van der Waals surface area contributed by atoms with Gasteiger partial charge in [0.1, 0.15) is 11.6 Å². The van der Waals surface area contributed by atoms with Crippen LogP contribution in [0.25, 0.3) is 11.1 Å². The molecule has 0 bridgehead atoms. The van der Waals surface area contributed by atoms with Gasteiger partial charge in [-0.15, -0.1) is 0 Å². The lowest BCUT2D eigenvalue weighted by Crippen LogP contribution is -2.59. The highest BCUT2D eigenvalue weighted by molar-refractivity contribution is 6.30. The molecule has 0 saturated carbocycles. The molecule has 2 N–H and O–H groups in total. The van der Waals surface area contributed by atoms with Gasteiger partial charge in [0.15, 0.2) is 11.3 Å². The second kappa shape index (κ2) is 10.3. The van der Waals surface area contributed by atoms with E-state index in [4.69, 9.17) is 25.5 Å². The normalized spacial score (nSPS) is 20.4. The summed E-state index contributed by atoms with van der Waals surface area (Å²) in [6.07, 6.45) is -1.02. The Bertz CT molecular complexity index is 1210.